The van der Waals surface area contributed by atoms with E-state index in [1.54, 1.807) is 6.33 Å². The summed E-state index contributed by atoms with van der Waals surface area (Å²) in [5.41, 5.74) is 4.31. The summed E-state index contributed by atoms with van der Waals surface area (Å²) in [5.74, 6) is 1.94. The molecule has 3 heterocycles. The summed E-state index contributed by atoms with van der Waals surface area (Å²) in [6.07, 6.45) is 5.04. The van der Waals surface area contributed by atoms with Crippen LogP contribution in [-0.4, -0.2) is 59.4 Å². The van der Waals surface area contributed by atoms with Gasteiger partial charge in [0.25, 0.3) is 0 Å². The Balaban J connectivity index is 1.40. The van der Waals surface area contributed by atoms with Gasteiger partial charge in [0, 0.05) is 37.8 Å². The summed E-state index contributed by atoms with van der Waals surface area (Å²) in [6.45, 7) is 7.01. The van der Waals surface area contributed by atoms with Crippen LogP contribution in [0.1, 0.15) is 43.0 Å². The van der Waals surface area contributed by atoms with Crippen molar-refractivity contribution in [1.29, 1.82) is 0 Å². The van der Waals surface area contributed by atoms with Gasteiger partial charge in [-0.2, -0.15) is 0 Å². The largest absolute Gasteiger partial charge is 0.487 e. The zero-order chi connectivity index (χ0) is 19.1. The number of rotatable bonds is 5. The second kappa shape index (κ2) is 6.85. The van der Waals surface area contributed by atoms with Crippen molar-refractivity contribution in [3.8, 4) is 5.75 Å². The number of piperazine rings is 1. The van der Waals surface area contributed by atoms with Crippen molar-refractivity contribution >= 4 is 11.5 Å². The molecule has 0 radical (unpaired) electrons. The Morgan fingerprint density at radius 1 is 1.07 bits per heavy atom. The fourth-order valence-corrected chi connectivity index (χ4v) is 4.05. The molecule has 1 aromatic heterocycles. The van der Waals surface area contributed by atoms with Gasteiger partial charge in [0.15, 0.2) is 0 Å². The van der Waals surface area contributed by atoms with E-state index in [9.17, 15) is 0 Å². The van der Waals surface area contributed by atoms with Gasteiger partial charge >= 0.3 is 0 Å². The molecule has 3 aliphatic rings. The third-order valence-corrected chi connectivity index (χ3v) is 6.25. The van der Waals surface area contributed by atoms with Crippen molar-refractivity contribution in [1.82, 2.24) is 14.9 Å². The average molecular weight is 377 g/mol. The molecular weight excluding hydrogens is 350 g/mol. The number of ether oxygens (including phenoxy) is 1. The van der Waals surface area contributed by atoms with E-state index in [-0.39, 0.29) is 5.60 Å². The van der Waals surface area contributed by atoms with E-state index < -0.39 is 0 Å². The molecule has 0 amide bonds. The Hall–Kier alpha value is -2.47. The molecule has 5 rings (SSSR count). The van der Waals surface area contributed by atoms with E-state index in [1.807, 2.05) is 0 Å². The number of nitrogens with zero attached hydrogens (tertiary/aromatic N) is 5. The predicted octanol–water partition coefficient (Wildman–Crippen LogP) is 2.90. The number of fused-ring (bicyclic) bond motifs is 1. The monoisotopic (exact) mass is 377 g/mol. The average Bonchev–Trinajstić information content (AvgIpc) is 3.37. The number of aliphatic imine (C=N–C) groups is 1. The molecule has 1 aromatic carbocycles. The minimum absolute atomic E-state index is 0.0632. The van der Waals surface area contributed by atoms with Gasteiger partial charge in [-0.1, -0.05) is 13.0 Å². The van der Waals surface area contributed by atoms with Gasteiger partial charge < -0.3 is 14.5 Å². The maximum Gasteiger partial charge on any atom is 0.132 e. The number of aromatic nitrogens is 2. The normalized spacial score (nSPS) is 20.6. The molecule has 0 unspecified atom stereocenters. The highest BCUT2D eigenvalue weighted by Crippen LogP contribution is 2.43. The molecular formula is C22H27N5O. The lowest BCUT2D eigenvalue weighted by Crippen LogP contribution is -2.44. The molecule has 2 aliphatic heterocycles. The molecule has 0 atom stereocenters. The van der Waals surface area contributed by atoms with Crippen LogP contribution in [0.4, 0.5) is 5.82 Å². The maximum atomic E-state index is 6.30. The molecule has 146 valence electrons. The Kier molecular flexibility index (Phi) is 4.31. The van der Waals surface area contributed by atoms with Crippen LogP contribution < -0.4 is 9.64 Å². The maximum absolute atomic E-state index is 6.30. The summed E-state index contributed by atoms with van der Waals surface area (Å²) in [6, 6.07) is 8.47. The number of likely N-dealkylation sites (N-methyl/N-ethyl adjacent to an activating group) is 1. The van der Waals surface area contributed by atoms with Crippen molar-refractivity contribution in [2.45, 2.75) is 38.3 Å². The highest BCUT2D eigenvalue weighted by atomic mass is 16.5. The first-order valence-electron chi connectivity index (χ1n) is 10.3. The van der Waals surface area contributed by atoms with E-state index in [2.05, 4.69) is 58.0 Å². The van der Waals surface area contributed by atoms with E-state index in [0.29, 0.717) is 6.54 Å². The molecule has 6 heteroatoms. The van der Waals surface area contributed by atoms with Gasteiger partial charge in [-0.05, 0) is 44.0 Å². The minimum atomic E-state index is 0.0632. The minimum Gasteiger partial charge on any atom is -0.487 e. The molecule has 2 aromatic rings. The summed E-state index contributed by atoms with van der Waals surface area (Å²) in [5, 5.41) is 0. The van der Waals surface area contributed by atoms with Gasteiger partial charge in [-0.3, -0.25) is 4.99 Å². The van der Waals surface area contributed by atoms with Crippen LogP contribution >= 0.6 is 0 Å². The third kappa shape index (κ3) is 3.26. The first-order valence-corrected chi connectivity index (χ1v) is 10.3. The van der Waals surface area contributed by atoms with E-state index in [4.69, 9.17) is 9.73 Å². The molecule has 1 saturated heterocycles. The van der Waals surface area contributed by atoms with Gasteiger partial charge in [0.2, 0.25) is 0 Å². The van der Waals surface area contributed by atoms with Crippen LogP contribution in [0.2, 0.25) is 0 Å². The SMILES string of the molecule is CCC1(Oc2ccc3c(c2)C(c2cc(N4CCN(C)CC4)ncn2)=NC3)CC1. The molecule has 1 saturated carbocycles. The standard InChI is InChI=1S/C22H27N5O/c1-3-22(6-7-22)28-17-5-4-16-14-23-21(18(16)12-17)19-13-20(25-15-24-19)27-10-8-26(2)9-11-27/h4-5,12-13,15H,3,6-11,14H2,1-2H3. The zero-order valence-corrected chi connectivity index (χ0v) is 16.7. The number of benzene rings is 1. The van der Waals surface area contributed by atoms with Crippen LogP contribution in [0.15, 0.2) is 35.6 Å². The summed E-state index contributed by atoms with van der Waals surface area (Å²) < 4.78 is 6.30. The second-order valence-corrected chi connectivity index (χ2v) is 8.17. The predicted molar refractivity (Wildman–Crippen MR) is 110 cm³/mol. The Morgan fingerprint density at radius 3 is 2.64 bits per heavy atom. The first kappa shape index (κ1) is 17.6. The lowest BCUT2D eigenvalue weighted by Gasteiger charge is -2.33. The third-order valence-electron chi connectivity index (χ3n) is 6.25. The summed E-state index contributed by atoms with van der Waals surface area (Å²) in [7, 11) is 2.16. The molecule has 0 bridgehead atoms. The quantitative estimate of drug-likeness (QED) is 0.802. The molecule has 0 N–H and O–H groups in total. The van der Waals surface area contributed by atoms with Crippen LogP contribution in [-0.2, 0) is 6.54 Å². The molecule has 6 nitrogen and oxygen atoms in total. The summed E-state index contributed by atoms with van der Waals surface area (Å²) >= 11 is 0. The smallest absolute Gasteiger partial charge is 0.132 e. The molecule has 2 fully saturated rings. The van der Waals surface area contributed by atoms with Crippen LogP contribution in [0, 0.1) is 0 Å². The van der Waals surface area contributed by atoms with Crippen molar-refractivity contribution in [2.24, 2.45) is 4.99 Å². The molecule has 28 heavy (non-hydrogen) atoms. The van der Waals surface area contributed by atoms with E-state index in [0.717, 1.165) is 74.0 Å². The Morgan fingerprint density at radius 2 is 1.89 bits per heavy atom. The number of hydrogen-bond donors (Lipinski definition) is 0. The van der Waals surface area contributed by atoms with Crippen LogP contribution in [0.3, 0.4) is 0 Å². The van der Waals surface area contributed by atoms with Crippen molar-refractivity contribution in [2.75, 3.05) is 38.1 Å². The Labute approximate surface area is 166 Å². The fourth-order valence-electron chi connectivity index (χ4n) is 4.05. The lowest BCUT2D eigenvalue weighted by molar-refractivity contribution is 0.174. The van der Waals surface area contributed by atoms with Crippen molar-refractivity contribution < 1.29 is 4.74 Å². The molecule has 0 spiro atoms. The fraction of sp³-hybridized carbons (Fsp3) is 0.500. The molecule has 1 aliphatic carbocycles. The van der Waals surface area contributed by atoms with Crippen LogP contribution in [0.25, 0.3) is 0 Å². The zero-order valence-electron chi connectivity index (χ0n) is 16.7. The first-order chi connectivity index (χ1) is 13.7. The van der Waals surface area contributed by atoms with Gasteiger partial charge in [0.05, 0.1) is 18.0 Å². The van der Waals surface area contributed by atoms with Gasteiger partial charge in [-0.15, -0.1) is 0 Å². The van der Waals surface area contributed by atoms with E-state index >= 15 is 0 Å². The second-order valence-electron chi connectivity index (χ2n) is 8.17. The van der Waals surface area contributed by atoms with Crippen molar-refractivity contribution in [3.63, 3.8) is 0 Å². The number of anilines is 1. The van der Waals surface area contributed by atoms with Gasteiger partial charge in [0.1, 0.15) is 23.5 Å². The van der Waals surface area contributed by atoms with E-state index in [1.165, 1.54) is 5.56 Å². The highest BCUT2D eigenvalue weighted by Gasteiger charge is 2.43. The van der Waals surface area contributed by atoms with Gasteiger partial charge in [-0.25, -0.2) is 9.97 Å². The van der Waals surface area contributed by atoms with Crippen LogP contribution in [0.5, 0.6) is 5.75 Å². The summed E-state index contributed by atoms with van der Waals surface area (Å²) in [4.78, 5) is 18.5. The number of hydrogen-bond acceptors (Lipinski definition) is 6. The topological polar surface area (TPSA) is 53.9 Å². The Bertz CT molecular complexity index is 913. The lowest BCUT2D eigenvalue weighted by atomic mass is 10.0. The highest BCUT2D eigenvalue weighted by molar-refractivity contribution is 6.14. The van der Waals surface area contributed by atoms with Crippen molar-refractivity contribution in [3.05, 3.63) is 47.4 Å².